The van der Waals surface area contributed by atoms with Gasteiger partial charge in [0, 0.05) is 13.5 Å². The van der Waals surface area contributed by atoms with Crippen molar-refractivity contribution < 1.29 is 24.5 Å². The molecule has 1 aromatic rings. The number of benzene rings is 1. The third-order valence-corrected chi connectivity index (χ3v) is 2.72. The Kier molecular flexibility index (Phi) is 5.32. The molecule has 0 saturated heterocycles. The van der Waals surface area contributed by atoms with E-state index in [1.54, 1.807) is 7.11 Å². The van der Waals surface area contributed by atoms with Crippen LogP contribution >= 0.6 is 0 Å². The number of methoxy groups -OCH3 is 1. The first-order valence-corrected chi connectivity index (χ1v) is 5.83. The van der Waals surface area contributed by atoms with Crippen LogP contribution < -0.4 is 5.32 Å². The van der Waals surface area contributed by atoms with Crippen LogP contribution in [0.15, 0.2) is 18.2 Å². The van der Waals surface area contributed by atoms with E-state index in [-0.39, 0.29) is 29.7 Å². The van der Waals surface area contributed by atoms with Crippen LogP contribution in [0.2, 0.25) is 0 Å². The number of phenols is 1. The van der Waals surface area contributed by atoms with Crippen molar-refractivity contribution >= 4 is 17.6 Å². The second-order valence-corrected chi connectivity index (χ2v) is 4.14. The van der Waals surface area contributed by atoms with Gasteiger partial charge in [0.1, 0.15) is 5.56 Å². The molecule has 0 spiro atoms. The maximum absolute atomic E-state index is 11.6. The molecule has 19 heavy (non-hydrogen) atoms. The average molecular weight is 267 g/mol. The molecule has 6 nitrogen and oxygen atoms in total. The summed E-state index contributed by atoms with van der Waals surface area (Å²) in [6, 6.07) is 4.16. The average Bonchev–Trinajstić information content (AvgIpc) is 2.38. The molecular weight excluding hydrogens is 250 g/mol. The number of carbonyl (C=O) groups is 2. The molecule has 0 fully saturated rings. The Bertz CT molecular complexity index is 472. The summed E-state index contributed by atoms with van der Waals surface area (Å²) >= 11 is 0. The van der Waals surface area contributed by atoms with Gasteiger partial charge in [0.15, 0.2) is 5.75 Å². The molecule has 1 rings (SSSR count). The summed E-state index contributed by atoms with van der Waals surface area (Å²) in [7, 11) is 1.56. The lowest BCUT2D eigenvalue weighted by molar-refractivity contribution is -0.116. The molecule has 6 heteroatoms. The fraction of sp³-hybridized carbons (Fsp3) is 0.385. The summed E-state index contributed by atoms with van der Waals surface area (Å²) < 4.78 is 5.02. The molecule has 0 bridgehead atoms. The molecule has 1 aromatic carbocycles. The van der Waals surface area contributed by atoms with Gasteiger partial charge in [-0.15, -0.1) is 0 Å². The molecule has 0 radical (unpaired) electrons. The SMILES string of the molecule is COC(C)CCC(=O)Nc1cccc(C(=O)O)c1O. The van der Waals surface area contributed by atoms with E-state index in [1.165, 1.54) is 18.2 Å². The summed E-state index contributed by atoms with van der Waals surface area (Å²) in [4.78, 5) is 22.5. The number of para-hydroxylation sites is 1. The molecule has 0 aliphatic carbocycles. The Balaban J connectivity index is 2.69. The molecular formula is C13H17NO5. The zero-order valence-electron chi connectivity index (χ0n) is 10.8. The van der Waals surface area contributed by atoms with Crippen LogP contribution in [0.4, 0.5) is 5.69 Å². The number of carbonyl (C=O) groups excluding carboxylic acids is 1. The van der Waals surface area contributed by atoms with Crippen LogP contribution in [-0.4, -0.2) is 35.3 Å². The fourth-order valence-electron chi connectivity index (χ4n) is 1.48. The van der Waals surface area contributed by atoms with E-state index in [2.05, 4.69) is 5.32 Å². The summed E-state index contributed by atoms with van der Waals surface area (Å²) in [5, 5.41) is 21.0. The van der Waals surface area contributed by atoms with Crippen LogP contribution in [0.3, 0.4) is 0 Å². The van der Waals surface area contributed by atoms with E-state index in [0.29, 0.717) is 6.42 Å². The minimum Gasteiger partial charge on any atom is -0.505 e. The van der Waals surface area contributed by atoms with Gasteiger partial charge in [-0.2, -0.15) is 0 Å². The number of aromatic carboxylic acids is 1. The number of nitrogens with one attached hydrogen (secondary N) is 1. The van der Waals surface area contributed by atoms with Crippen LogP contribution in [0, 0.1) is 0 Å². The number of amides is 1. The predicted octanol–water partition coefficient (Wildman–Crippen LogP) is 1.84. The Morgan fingerprint density at radius 3 is 2.68 bits per heavy atom. The first-order chi connectivity index (χ1) is 8.95. The van der Waals surface area contributed by atoms with Crippen molar-refractivity contribution in [2.75, 3.05) is 12.4 Å². The number of anilines is 1. The van der Waals surface area contributed by atoms with Crippen LogP contribution in [0.1, 0.15) is 30.1 Å². The van der Waals surface area contributed by atoms with E-state index in [1.807, 2.05) is 6.92 Å². The van der Waals surface area contributed by atoms with Gasteiger partial charge in [-0.1, -0.05) is 6.07 Å². The molecule has 0 heterocycles. The van der Waals surface area contributed by atoms with Gasteiger partial charge in [0.05, 0.1) is 11.8 Å². The summed E-state index contributed by atoms with van der Waals surface area (Å²) in [5.74, 6) is -1.99. The highest BCUT2D eigenvalue weighted by atomic mass is 16.5. The second kappa shape index (κ2) is 6.75. The van der Waals surface area contributed by atoms with E-state index in [0.717, 1.165) is 0 Å². The highest BCUT2D eigenvalue weighted by Gasteiger charge is 2.14. The van der Waals surface area contributed by atoms with E-state index >= 15 is 0 Å². The lowest BCUT2D eigenvalue weighted by Gasteiger charge is -2.11. The van der Waals surface area contributed by atoms with Gasteiger partial charge in [-0.25, -0.2) is 4.79 Å². The van der Waals surface area contributed by atoms with Crippen LogP contribution in [0.5, 0.6) is 5.75 Å². The number of aromatic hydroxyl groups is 1. The Hall–Kier alpha value is -2.08. The molecule has 3 N–H and O–H groups in total. The molecule has 1 atom stereocenters. The van der Waals surface area contributed by atoms with Gasteiger partial charge in [0.2, 0.25) is 5.91 Å². The van der Waals surface area contributed by atoms with Gasteiger partial charge in [-0.3, -0.25) is 4.79 Å². The molecule has 0 saturated carbocycles. The van der Waals surface area contributed by atoms with Crippen molar-refractivity contribution in [1.29, 1.82) is 0 Å². The lowest BCUT2D eigenvalue weighted by atomic mass is 10.1. The van der Waals surface area contributed by atoms with Gasteiger partial charge < -0.3 is 20.3 Å². The zero-order valence-corrected chi connectivity index (χ0v) is 10.8. The van der Waals surface area contributed by atoms with Gasteiger partial charge in [0.25, 0.3) is 0 Å². The standard InChI is InChI=1S/C13H17NO5/c1-8(19-2)6-7-11(15)14-10-5-3-4-9(12(10)16)13(17)18/h3-5,8,16H,6-7H2,1-2H3,(H,14,15)(H,17,18). The van der Waals surface area contributed by atoms with E-state index in [9.17, 15) is 14.7 Å². The lowest BCUT2D eigenvalue weighted by Crippen LogP contribution is -2.15. The smallest absolute Gasteiger partial charge is 0.339 e. The van der Waals surface area contributed by atoms with Crippen molar-refractivity contribution in [1.82, 2.24) is 0 Å². The Morgan fingerprint density at radius 2 is 2.11 bits per heavy atom. The number of hydrogen-bond donors (Lipinski definition) is 3. The quantitative estimate of drug-likeness (QED) is 0.683. The van der Waals surface area contributed by atoms with Crippen molar-refractivity contribution in [3.05, 3.63) is 23.8 Å². The van der Waals surface area contributed by atoms with Gasteiger partial charge >= 0.3 is 5.97 Å². The molecule has 104 valence electrons. The van der Waals surface area contributed by atoms with Crippen molar-refractivity contribution in [2.24, 2.45) is 0 Å². The monoisotopic (exact) mass is 267 g/mol. The number of hydrogen-bond acceptors (Lipinski definition) is 4. The third-order valence-electron chi connectivity index (χ3n) is 2.72. The largest absolute Gasteiger partial charge is 0.505 e. The highest BCUT2D eigenvalue weighted by Crippen LogP contribution is 2.27. The normalized spacial score (nSPS) is 11.9. The maximum atomic E-state index is 11.6. The number of carboxylic acids is 1. The maximum Gasteiger partial charge on any atom is 0.339 e. The summed E-state index contributed by atoms with van der Waals surface area (Å²) in [6.07, 6.45) is 0.734. The van der Waals surface area contributed by atoms with Crippen molar-refractivity contribution in [3.8, 4) is 5.75 Å². The first-order valence-electron chi connectivity index (χ1n) is 5.83. The van der Waals surface area contributed by atoms with E-state index in [4.69, 9.17) is 9.84 Å². The van der Waals surface area contributed by atoms with Crippen molar-refractivity contribution in [2.45, 2.75) is 25.9 Å². The fourth-order valence-corrected chi connectivity index (χ4v) is 1.48. The first kappa shape index (κ1) is 15.0. The van der Waals surface area contributed by atoms with Crippen LogP contribution in [-0.2, 0) is 9.53 Å². The van der Waals surface area contributed by atoms with Crippen molar-refractivity contribution in [3.63, 3.8) is 0 Å². The molecule has 0 aliphatic rings. The number of rotatable bonds is 6. The topological polar surface area (TPSA) is 95.9 Å². The summed E-state index contributed by atoms with van der Waals surface area (Å²) in [5.41, 5.74) is -0.155. The molecule has 1 amide bonds. The third kappa shape index (κ3) is 4.26. The summed E-state index contributed by atoms with van der Waals surface area (Å²) in [6.45, 7) is 1.84. The van der Waals surface area contributed by atoms with E-state index < -0.39 is 11.7 Å². The second-order valence-electron chi connectivity index (χ2n) is 4.14. The molecule has 0 aliphatic heterocycles. The minimum atomic E-state index is -1.25. The Morgan fingerprint density at radius 1 is 1.42 bits per heavy atom. The highest BCUT2D eigenvalue weighted by molar-refractivity contribution is 5.97. The number of carboxylic acid groups (broad SMARTS) is 1. The minimum absolute atomic E-state index is 0.0373. The Labute approximate surface area is 111 Å². The number of ether oxygens (including phenoxy) is 1. The molecule has 1 unspecified atom stereocenters. The molecule has 0 aromatic heterocycles. The predicted molar refractivity (Wildman–Crippen MR) is 69.4 cm³/mol. The zero-order chi connectivity index (χ0) is 14.4. The van der Waals surface area contributed by atoms with Gasteiger partial charge in [-0.05, 0) is 25.5 Å². The van der Waals surface area contributed by atoms with Crippen LogP contribution in [0.25, 0.3) is 0 Å².